The molecule has 690 valence electrons. The number of ether oxygens (including phenoxy) is 16. The largest absolute Gasteiger partial charge is 0.397 e. The first-order valence-electron chi connectivity index (χ1n) is 40.8. The predicted molar refractivity (Wildman–Crippen MR) is 405 cm³/mol. The van der Waals surface area contributed by atoms with E-state index >= 15 is 0 Å². The van der Waals surface area contributed by atoms with Crippen LogP contribution in [0.2, 0.25) is 0 Å². The Hall–Kier alpha value is -4.24. The topological polar surface area (TPSA) is 614 Å². The lowest BCUT2D eigenvalue weighted by Crippen LogP contribution is -2.68. The maximum absolute atomic E-state index is 13.7. The molecule has 8 aliphatic rings. The van der Waals surface area contributed by atoms with Gasteiger partial charge in [0.1, 0.15) is 122 Å². The van der Waals surface area contributed by atoms with E-state index in [1.807, 2.05) is 32.0 Å². The van der Waals surface area contributed by atoms with Crippen molar-refractivity contribution in [2.45, 2.75) is 329 Å². The second-order valence-electron chi connectivity index (χ2n) is 33.1. The zero-order valence-electron chi connectivity index (χ0n) is 68.3. The zero-order valence-corrected chi connectivity index (χ0v) is 69.9. The lowest BCUT2D eigenvalue weighted by atomic mass is 9.95. The summed E-state index contributed by atoms with van der Waals surface area (Å²) >= 11 is 0. The van der Waals surface area contributed by atoms with Crippen LogP contribution in [0.5, 0.6) is 0 Å². The van der Waals surface area contributed by atoms with Gasteiger partial charge in [-0.15, -0.1) is 0 Å². The molecule has 1 aromatic rings. The van der Waals surface area contributed by atoms with Crippen molar-refractivity contribution in [2.75, 3.05) is 59.5 Å². The van der Waals surface area contributed by atoms with Crippen LogP contribution in [0.25, 0.3) is 0 Å². The molecular formula is C75H124N4O39S2. The van der Waals surface area contributed by atoms with Crippen LogP contribution >= 0.6 is 0 Å². The number of benzene rings is 1. The third-order valence-electron chi connectivity index (χ3n) is 21.2. The molecule has 0 saturated carbocycles. The fraction of sp³-hybridized carbons (Fsp3) is 0.867. The average Bonchev–Trinajstić information content (AvgIpc) is 0.787. The van der Waals surface area contributed by atoms with Crippen LogP contribution in [0.4, 0.5) is 0 Å². The Balaban J connectivity index is 0.836. The van der Waals surface area contributed by atoms with Gasteiger partial charge >= 0.3 is 20.8 Å². The Morgan fingerprint density at radius 3 is 1.02 bits per heavy atom. The Morgan fingerprint density at radius 2 is 0.708 bits per heavy atom. The molecule has 43 nitrogen and oxygen atoms in total. The van der Waals surface area contributed by atoms with Crippen LogP contribution in [0.15, 0.2) is 30.3 Å². The Labute approximate surface area is 696 Å². The molecule has 9 rings (SSSR count). The molecule has 0 bridgehead atoms. The number of aliphatic hydroxyl groups excluding tert-OH is 11. The summed E-state index contributed by atoms with van der Waals surface area (Å²) in [5.74, 6) is -3.07. The minimum absolute atomic E-state index is 0.0467. The number of aryl methyl sites for hydroxylation is 1. The highest BCUT2D eigenvalue weighted by Crippen LogP contribution is 2.38. The van der Waals surface area contributed by atoms with Gasteiger partial charge in [0.15, 0.2) is 50.3 Å². The van der Waals surface area contributed by atoms with Crippen molar-refractivity contribution in [1.29, 1.82) is 0 Å². The van der Waals surface area contributed by atoms with Crippen molar-refractivity contribution in [3.8, 4) is 0 Å². The molecule has 8 saturated heterocycles. The van der Waals surface area contributed by atoms with Crippen LogP contribution in [0.1, 0.15) is 132 Å². The van der Waals surface area contributed by atoms with Gasteiger partial charge in [0.05, 0.1) is 77.3 Å². The number of nitrogens with one attached hydrogen (secondary N) is 4. The number of hydrogen-bond acceptors (Lipinski definition) is 37. The lowest BCUT2D eigenvalue weighted by molar-refractivity contribution is -0.352. The van der Waals surface area contributed by atoms with E-state index in [0.717, 1.165) is 19.3 Å². The van der Waals surface area contributed by atoms with Crippen molar-refractivity contribution in [3.63, 3.8) is 0 Å². The molecule has 120 heavy (non-hydrogen) atoms. The monoisotopic (exact) mass is 1770 g/mol. The highest BCUT2D eigenvalue weighted by atomic mass is 32.3. The van der Waals surface area contributed by atoms with Crippen molar-refractivity contribution in [1.82, 2.24) is 21.3 Å². The van der Waals surface area contributed by atoms with Crippen molar-refractivity contribution >= 4 is 44.4 Å². The second kappa shape index (κ2) is 46.5. The van der Waals surface area contributed by atoms with E-state index in [-0.39, 0.29) is 68.8 Å². The molecule has 8 aliphatic heterocycles. The first-order chi connectivity index (χ1) is 56.7. The molecule has 8 fully saturated rings. The van der Waals surface area contributed by atoms with Gasteiger partial charge in [-0.05, 0) is 48.5 Å². The maximum atomic E-state index is 13.7. The fourth-order valence-electron chi connectivity index (χ4n) is 15.2. The van der Waals surface area contributed by atoms with Gasteiger partial charge in [-0.25, -0.2) is 8.37 Å². The number of unbranched alkanes of at least 4 members (excludes halogenated alkanes) is 2. The summed E-state index contributed by atoms with van der Waals surface area (Å²) in [6, 6.07) is 4.04. The molecule has 45 heteroatoms. The van der Waals surface area contributed by atoms with Gasteiger partial charge in [0, 0.05) is 58.0 Å². The Kier molecular flexibility index (Phi) is 38.6. The summed E-state index contributed by atoms with van der Waals surface area (Å²) in [6.45, 7) is 8.51. The molecule has 4 amide bonds. The zero-order chi connectivity index (χ0) is 87.6. The van der Waals surface area contributed by atoms with Gasteiger partial charge in [0.2, 0.25) is 23.6 Å². The third-order valence-corrected chi connectivity index (χ3v) is 22.0. The first kappa shape index (κ1) is 99.5. The number of aliphatic hydroxyl groups is 11. The summed E-state index contributed by atoms with van der Waals surface area (Å²) in [5.41, 5.74) is 1.20. The average molecular weight is 1770 g/mol. The van der Waals surface area contributed by atoms with E-state index in [1.54, 1.807) is 41.5 Å². The molecule has 0 spiro atoms. The van der Waals surface area contributed by atoms with E-state index < -0.39 is 307 Å². The van der Waals surface area contributed by atoms with E-state index in [2.05, 4.69) is 37.6 Å². The molecule has 0 aromatic heterocycles. The second-order valence-corrected chi connectivity index (χ2v) is 35.3. The minimum atomic E-state index is -5.30. The van der Waals surface area contributed by atoms with Gasteiger partial charge in [0.25, 0.3) is 0 Å². The third kappa shape index (κ3) is 29.7. The molecule has 8 unspecified atom stereocenters. The molecule has 0 radical (unpaired) electrons. The van der Waals surface area contributed by atoms with Crippen LogP contribution in [0, 0.1) is 23.7 Å². The standard InChI is InChI=1S/C75H124N4O39S2/c1-35(2)19-52(87)76-60-64(91)68(45(27-80)108-72(60)101-18-14-10-13-17-39-15-11-9-12-16-39)115-57-24-41(83)47(30-103-57)110-73-61(77-53(88)20-36(3)4)65(92)69(46(28-81)109-73)116-58-25-42(84)48(31-104-58)111-75-63(79-55(90)22-38(7)8)67(94)71(51(114-75)34-107-120(98,99)100)118-59-26-43(85)49(32-105-59)112-74-62(78-54(89)21-37(5)6)66(93)70(50(113-74)33-106-119(95,96)97)117-56-23-40(82)44(86)29-102-56/h9,11-12,15-16,35-38,40-51,56-75,80-86,91-94H,10,13-14,17-34H2,1-8H3,(H,76,87)(H,77,88)(H,78,89)(H,79,90)(H,95,96,97)(H,98,99,100)/t40-,41-,42-,43-,44+,45?,46?,47+,48+,49+,50?,51?,56-,57-,58-,59-,60?,61?,62?,63?,64+,65+,66+,67+,68+,69+,70+,71+,72+,73-,74+,75+/m0/s1. The highest BCUT2D eigenvalue weighted by Gasteiger charge is 2.56. The van der Waals surface area contributed by atoms with Gasteiger partial charge in [-0.3, -0.25) is 28.3 Å². The minimum Gasteiger partial charge on any atom is -0.394 e. The summed E-state index contributed by atoms with van der Waals surface area (Å²) < 4.78 is 174. The van der Waals surface area contributed by atoms with Crippen molar-refractivity contribution in [2.24, 2.45) is 23.7 Å². The number of hydrogen-bond donors (Lipinski definition) is 17. The highest BCUT2D eigenvalue weighted by molar-refractivity contribution is 7.81. The van der Waals surface area contributed by atoms with Crippen LogP contribution in [0.3, 0.4) is 0 Å². The smallest absolute Gasteiger partial charge is 0.394 e. The molecule has 1 aromatic carbocycles. The Bertz CT molecular complexity index is 3530. The lowest BCUT2D eigenvalue weighted by Gasteiger charge is -2.48. The van der Waals surface area contributed by atoms with Crippen LogP contribution < -0.4 is 21.3 Å². The summed E-state index contributed by atoms with van der Waals surface area (Å²) in [5, 5.41) is 137. The SMILES string of the molecule is CC(C)CC(=O)NC1[C@H](OCCCCCc2ccccc2)OC(CO)[C@@H](O[C@H]2C[C@H](O)[C@H](O[C@@H]3OC(CO)[C@@H](O[C@H]4C[C@H](O)[C@H](O[C@@H]5OC(COS(=O)(=O)O)[C@@H](O[C@H]6C[C@H](O)[C@H](O[C@@H]7OC(COS(=O)(=O)O)[C@@H](O[C@H]8C[C@H](O)[C@H](O)CO8)[C@H](O)C7NC(=O)CC(C)C)CO6)[C@H](O)C5NC(=O)CC(C)C)CO4)[C@H](O)C3NC(=O)CC(C)C)CO2)[C@@H]1O. The number of rotatable bonds is 41. The predicted octanol–water partition coefficient (Wildman–Crippen LogP) is -4.01. The van der Waals surface area contributed by atoms with Gasteiger partial charge in [-0.1, -0.05) is 92.1 Å². The van der Waals surface area contributed by atoms with E-state index in [1.165, 1.54) is 5.56 Å². The maximum Gasteiger partial charge on any atom is 0.397 e. The van der Waals surface area contributed by atoms with Crippen LogP contribution in [-0.4, -0.2) is 362 Å². The van der Waals surface area contributed by atoms with Gasteiger partial charge < -0.3 is 153 Å². The summed E-state index contributed by atoms with van der Waals surface area (Å²) in [4.78, 5) is 53.9. The van der Waals surface area contributed by atoms with E-state index in [0.29, 0.717) is 6.42 Å². The normalized spacial score (nSPS) is 38.0. The quantitative estimate of drug-likeness (QED) is 0.0219. The van der Waals surface area contributed by atoms with E-state index in [9.17, 15) is 101 Å². The van der Waals surface area contributed by atoms with Crippen LogP contribution in [-0.2, 0) is 131 Å². The molecule has 17 N–H and O–H groups in total. The van der Waals surface area contributed by atoms with Gasteiger partial charge in [-0.2, -0.15) is 16.8 Å². The molecular weight excluding hydrogens is 1640 g/mol. The molecule has 32 atom stereocenters. The number of carbonyl (C=O) groups excluding carboxylic acids is 4. The number of amides is 4. The van der Waals surface area contributed by atoms with Crippen molar-refractivity contribution < 1.29 is 185 Å². The fourth-order valence-corrected chi connectivity index (χ4v) is 15.8. The molecule has 0 aliphatic carbocycles. The number of carbonyl (C=O) groups is 4. The Morgan fingerprint density at radius 1 is 0.400 bits per heavy atom. The van der Waals surface area contributed by atoms with Crippen molar-refractivity contribution in [3.05, 3.63) is 35.9 Å². The first-order valence-corrected chi connectivity index (χ1v) is 43.5. The summed E-state index contributed by atoms with van der Waals surface area (Å²) in [6.07, 6.45) is -42.4. The summed E-state index contributed by atoms with van der Waals surface area (Å²) in [7, 11) is -10.5. The van der Waals surface area contributed by atoms with E-state index in [4.69, 9.17) is 80.0 Å². The molecule has 8 heterocycles.